The summed E-state index contributed by atoms with van der Waals surface area (Å²) in [6.45, 7) is 0.114. The Labute approximate surface area is 104 Å². The van der Waals surface area contributed by atoms with Crippen LogP contribution in [0.4, 0.5) is 5.69 Å². The van der Waals surface area contributed by atoms with E-state index in [9.17, 15) is 10.1 Å². The summed E-state index contributed by atoms with van der Waals surface area (Å²) in [6, 6.07) is 6.85. The van der Waals surface area contributed by atoms with Crippen molar-refractivity contribution in [3.8, 4) is 0 Å². The maximum Gasteiger partial charge on any atom is 0.282 e. The van der Waals surface area contributed by atoms with Gasteiger partial charge in [-0.2, -0.15) is 0 Å². The zero-order valence-electron chi connectivity index (χ0n) is 9.63. The van der Waals surface area contributed by atoms with Crippen LogP contribution in [0, 0.1) is 10.1 Å². The molecule has 1 aromatic carbocycles. The highest BCUT2D eigenvalue weighted by Crippen LogP contribution is 2.29. The summed E-state index contributed by atoms with van der Waals surface area (Å²) in [5.41, 5.74) is 0.136. The molecule has 0 bridgehead atoms. The van der Waals surface area contributed by atoms with Gasteiger partial charge in [-0.3, -0.25) is 10.1 Å². The number of nitrogens with one attached hydrogen (secondary N) is 1. The van der Waals surface area contributed by atoms with Crippen LogP contribution in [0.15, 0.2) is 29.2 Å². The third kappa shape index (κ3) is 4.33. The number of thioether (sulfide) groups is 1. The number of para-hydroxylation sites is 1. The molecule has 2 N–H and O–H groups in total. The molecule has 0 aromatic heterocycles. The molecule has 0 heterocycles. The predicted octanol–water partition coefficient (Wildman–Crippen LogP) is 1.66. The molecule has 94 valence electrons. The van der Waals surface area contributed by atoms with Gasteiger partial charge in [0.05, 0.1) is 9.82 Å². The van der Waals surface area contributed by atoms with Crippen LogP contribution in [0.2, 0.25) is 0 Å². The van der Waals surface area contributed by atoms with E-state index in [1.54, 1.807) is 18.2 Å². The Morgan fingerprint density at radius 2 is 2.24 bits per heavy atom. The van der Waals surface area contributed by atoms with Crippen LogP contribution >= 0.6 is 11.8 Å². The molecule has 0 spiro atoms. The van der Waals surface area contributed by atoms with Crippen molar-refractivity contribution in [2.45, 2.75) is 17.4 Å². The fourth-order valence-corrected chi connectivity index (χ4v) is 2.57. The molecule has 5 nitrogen and oxygen atoms in total. The average Bonchev–Trinajstić information content (AvgIpc) is 2.34. The lowest BCUT2D eigenvalue weighted by atomic mass is 10.2. The van der Waals surface area contributed by atoms with Gasteiger partial charge in [-0.1, -0.05) is 12.1 Å². The summed E-state index contributed by atoms with van der Waals surface area (Å²) >= 11 is 1.43. The highest BCUT2D eigenvalue weighted by Gasteiger charge is 2.14. The average molecular weight is 256 g/mol. The second kappa shape index (κ2) is 7.26. The van der Waals surface area contributed by atoms with Gasteiger partial charge in [0.2, 0.25) is 0 Å². The zero-order chi connectivity index (χ0) is 12.7. The van der Waals surface area contributed by atoms with Crippen LogP contribution in [0.25, 0.3) is 0 Å². The van der Waals surface area contributed by atoms with Gasteiger partial charge in [-0.25, -0.2) is 0 Å². The van der Waals surface area contributed by atoms with E-state index in [-0.39, 0.29) is 23.3 Å². The van der Waals surface area contributed by atoms with Gasteiger partial charge in [0.25, 0.3) is 5.69 Å². The standard InChI is InChI=1S/C11H16N2O3S/c1-12-9(6-7-14)8-17-11-5-3-2-4-10(11)13(15)16/h2-5,9,12,14H,6-8H2,1H3. The van der Waals surface area contributed by atoms with Crippen molar-refractivity contribution in [2.75, 3.05) is 19.4 Å². The maximum absolute atomic E-state index is 10.8. The fraction of sp³-hybridized carbons (Fsp3) is 0.455. The Morgan fingerprint density at radius 3 is 2.82 bits per heavy atom. The zero-order valence-corrected chi connectivity index (χ0v) is 10.4. The summed E-state index contributed by atoms with van der Waals surface area (Å²) in [4.78, 5) is 11.1. The fourth-order valence-electron chi connectivity index (χ4n) is 1.39. The minimum Gasteiger partial charge on any atom is -0.396 e. The number of nitro groups is 1. The van der Waals surface area contributed by atoms with Crippen LogP contribution in [0.5, 0.6) is 0 Å². The summed E-state index contributed by atoms with van der Waals surface area (Å²) < 4.78 is 0. The number of rotatable bonds is 7. The predicted molar refractivity (Wildman–Crippen MR) is 68.4 cm³/mol. The van der Waals surface area contributed by atoms with Crippen molar-refractivity contribution >= 4 is 17.4 Å². The summed E-state index contributed by atoms with van der Waals surface area (Å²) in [6.07, 6.45) is 0.643. The second-order valence-electron chi connectivity index (χ2n) is 3.53. The first-order chi connectivity index (χ1) is 8.19. The Kier molecular flexibility index (Phi) is 5.96. The van der Waals surface area contributed by atoms with E-state index in [1.807, 2.05) is 7.05 Å². The molecule has 6 heteroatoms. The Morgan fingerprint density at radius 1 is 1.53 bits per heavy atom. The minimum absolute atomic E-state index is 0.114. The maximum atomic E-state index is 10.8. The summed E-state index contributed by atoms with van der Waals surface area (Å²) in [7, 11) is 1.82. The molecule has 1 atom stereocenters. The van der Waals surface area contributed by atoms with Crippen LogP contribution < -0.4 is 5.32 Å². The molecule has 1 aromatic rings. The minimum atomic E-state index is -0.372. The third-order valence-electron chi connectivity index (χ3n) is 2.39. The van der Waals surface area contributed by atoms with E-state index in [4.69, 9.17) is 5.11 Å². The molecule has 0 aliphatic rings. The van der Waals surface area contributed by atoms with Crippen molar-refractivity contribution in [1.29, 1.82) is 0 Å². The lowest BCUT2D eigenvalue weighted by Gasteiger charge is -2.13. The monoisotopic (exact) mass is 256 g/mol. The molecule has 0 amide bonds. The van der Waals surface area contributed by atoms with E-state index >= 15 is 0 Å². The summed E-state index contributed by atoms with van der Waals surface area (Å²) in [5.74, 6) is 0.696. The number of nitro benzene ring substituents is 1. The molecule has 0 aliphatic carbocycles. The van der Waals surface area contributed by atoms with E-state index < -0.39 is 0 Å². The largest absolute Gasteiger partial charge is 0.396 e. The van der Waals surface area contributed by atoms with Crippen LogP contribution in [-0.2, 0) is 0 Å². The van der Waals surface area contributed by atoms with Crippen molar-refractivity contribution < 1.29 is 10.0 Å². The van der Waals surface area contributed by atoms with Crippen molar-refractivity contribution in [3.05, 3.63) is 34.4 Å². The highest BCUT2D eigenvalue weighted by molar-refractivity contribution is 7.99. The van der Waals surface area contributed by atoms with Crippen molar-refractivity contribution in [2.24, 2.45) is 0 Å². The van der Waals surface area contributed by atoms with Crippen LogP contribution in [0.1, 0.15) is 6.42 Å². The second-order valence-corrected chi connectivity index (χ2v) is 4.60. The molecule has 0 radical (unpaired) electrons. The first kappa shape index (κ1) is 14.0. The van der Waals surface area contributed by atoms with Gasteiger partial charge in [0.15, 0.2) is 0 Å². The van der Waals surface area contributed by atoms with Gasteiger partial charge in [-0.15, -0.1) is 11.8 Å². The number of benzene rings is 1. The van der Waals surface area contributed by atoms with Crippen molar-refractivity contribution in [3.63, 3.8) is 0 Å². The number of aliphatic hydroxyl groups excluding tert-OH is 1. The Hall–Kier alpha value is -1.11. The molecule has 1 unspecified atom stereocenters. The number of aliphatic hydroxyl groups is 1. The molecular weight excluding hydrogens is 240 g/mol. The third-order valence-corrected chi connectivity index (χ3v) is 3.61. The van der Waals surface area contributed by atoms with Gasteiger partial charge >= 0.3 is 0 Å². The van der Waals surface area contributed by atoms with Crippen LogP contribution in [-0.4, -0.2) is 35.5 Å². The van der Waals surface area contributed by atoms with E-state index in [0.29, 0.717) is 17.1 Å². The van der Waals surface area contributed by atoms with E-state index in [1.165, 1.54) is 17.8 Å². The SMILES string of the molecule is CNC(CCO)CSc1ccccc1[N+](=O)[O-]. The first-order valence-electron chi connectivity index (χ1n) is 5.33. The Balaban J connectivity index is 2.65. The molecular formula is C11H16N2O3S. The molecule has 0 fully saturated rings. The van der Waals surface area contributed by atoms with Gasteiger partial charge in [0.1, 0.15) is 0 Å². The quantitative estimate of drug-likeness (QED) is 0.441. The molecule has 17 heavy (non-hydrogen) atoms. The van der Waals surface area contributed by atoms with E-state index in [0.717, 1.165) is 0 Å². The molecule has 1 rings (SSSR count). The molecule has 0 saturated carbocycles. The van der Waals surface area contributed by atoms with Gasteiger partial charge in [-0.05, 0) is 19.5 Å². The topological polar surface area (TPSA) is 75.4 Å². The normalized spacial score (nSPS) is 12.4. The molecule has 0 aliphatic heterocycles. The lowest BCUT2D eigenvalue weighted by molar-refractivity contribution is -0.387. The lowest BCUT2D eigenvalue weighted by Crippen LogP contribution is -2.28. The van der Waals surface area contributed by atoms with Gasteiger partial charge < -0.3 is 10.4 Å². The van der Waals surface area contributed by atoms with Crippen molar-refractivity contribution in [1.82, 2.24) is 5.32 Å². The smallest absolute Gasteiger partial charge is 0.282 e. The van der Waals surface area contributed by atoms with Crippen LogP contribution in [0.3, 0.4) is 0 Å². The first-order valence-corrected chi connectivity index (χ1v) is 6.32. The number of nitrogens with zero attached hydrogens (tertiary/aromatic N) is 1. The molecule has 0 saturated heterocycles. The highest BCUT2D eigenvalue weighted by atomic mass is 32.2. The number of hydrogen-bond acceptors (Lipinski definition) is 5. The summed E-state index contributed by atoms with van der Waals surface area (Å²) in [5, 5.41) is 22.7. The number of hydrogen-bond donors (Lipinski definition) is 2. The van der Waals surface area contributed by atoms with E-state index in [2.05, 4.69) is 5.32 Å². The van der Waals surface area contributed by atoms with Gasteiger partial charge in [0, 0.05) is 24.5 Å². The Bertz CT molecular complexity index is 373.